The summed E-state index contributed by atoms with van der Waals surface area (Å²) in [6.07, 6.45) is -0.373. The van der Waals surface area contributed by atoms with E-state index in [1.165, 1.54) is 43.3 Å². The molecule has 0 aliphatic carbocycles. The molecule has 0 amide bonds. The number of hydrogen-bond donors (Lipinski definition) is 0. The summed E-state index contributed by atoms with van der Waals surface area (Å²) in [7, 11) is 1.39. The Morgan fingerprint density at radius 3 is 2.50 bits per heavy atom. The average molecular weight is 356 g/mol. The normalized spacial score (nSPS) is 13.9. The summed E-state index contributed by atoms with van der Waals surface area (Å²) in [6.45, 7) is -0.139. The highest BCUT2D eigenvalue weighted by Gasteiger charge is 2.32. The minimum atomic E-state index is -4.84. The average Bonchev–Trinajstić information content (AvgIpc) is 2.42. The fourth-order valence-electron chi connectivity index (χ4n) is 1.51. The first-order valence-corrected chi connectivity index (χ1v) is 8.66. The third-order valence-corrected chi connectivity index (χ3v) is 4.74. The second-order valence-electron chi connectivity index (χ2n) is 3.89. The lowest BCUT2D eigenvalue weighted by Crippen LogP contribution is -2.18. The van der Waals surface area contributed by atoms with Crippen LogP contribution in [-0.2, 0) is 15.9 Å². The van der Waals surface area contributed by atoms with E-state index in [1.54, 1.807) is 6.26 Å². The van der Waals surface area contributed by atoms with Crippen molar-refractivity contribution in [3.8, 4) is 11.5 Å². The van der Waals surface area contributed by atoms with Gasteiger partial charge in [0.25, 0.3) is 0 Å². The van der Waals surface area contributed by atoms with Gasteiger partial charge in [0.2, 0.25) is 0 Å². The van der Waals surface area contributed by atoms with Gasteiger partial charge in [0.15, 0.2) is 11.0 Å². The minimum absolute atomic E-state index is 0.0522. The summed E-state index contributed by atoms with van der Waals surface area (Å²) in [4.78, 5) is 0. The fourth-order valence-corrected chi connectivity index (χ4v) is 2.96. The molecule has 1 aromatic rings. The fraction of sp³-hybridized carbons (Fsp3) is 0.385. The molecule has 9 heteroatoms. The molecule has 0 bridgehead atoms. The topological polar surface area (TPSA) is 50.8 Å². The first-order chi connectivity index (χ1) is 10.3. The maximum absolute atomic E-state index is 12.5. The zero-order valence-corrected chi connectivity index (χ0v) is 13.7. The van der Waals surface area contributed by atoms with Gasteiger partial charge in [-0.1, -0.05) is 17.8 Å². The quantitative estimate of drug-likeness (QED) is 0.552. The lowest BCUT2D eigenvalue weighted by molar-refractivity contribution is -0.274. The number of methoxy groups -OCH3 is 1. The molecule has 0 fully saturated rings. The summed E-state index contributed by atoms with van der Waals surface area (Å²) < 4.78 is 63.5. The van der Waals surface area contributed by atoms with Crippen LogP contribution in [0.25, 0.3) is 6.08 Å². The predicted octanol–water partition coefficient (Wildman–Crippen LogP) is 3.61. The van der Waals surface area contributed by atoms with Crippen LogP contribution in [0.3, 0.4) is 0 Å². The summed E-state index contributed by atoms with van der Waals surface area (Å²) in [5.74, 6) is -0.293. The largest absolute Gasteiger partial charge is 0.611 e. The molecule has 0 spiro atoms. The summed E-state index contributed by atoms with van der Waals surface area (Å²) in [5, 5.41) is 0. The highest BCUT2D eigenvalue weighted by molar-refractivity contribution is 8.18. The van der Waals surface area contributed by atoms with Crippen LogP contribution < -0.4 is 9.47 Å². The van der Waals surface area contributed by atoms with E-state index in [4.69, 9.17) is 9.47 Å². The van der Waals surface area contributed by atoms with Crippen LogP contribution in [0.1, 0.15) is 5.56 Å². The molecule has 1 rings (SSSR count). The number of alkyl halides is 3. The number of halogens is 3. The Morgan fingerprint density at radius 2 is 2.00 bits per heavy atom. The number of hydrogen-bond acceptors (Lipinski definition) is 5. The van der Waals surface area contributed by atoms with Gasteiger partial charge in [0, 0.05) is 13.2 Å². The number of ether oxygens (including phenoxy) is 3. The zero-order valence-electron chi connectivity index (χ0n) is 12.1. The Labute approximate surface area is 133 Å². The lowest BCUT2D eigenvalue weighted by Gasteiger charge is -2.15. The molecule has 124 valence electrons. The molecule has 1 atom stereocenters. The van der Waals surface area contributed by atoms with Crippen molar-refractivity contribution in [3.05, 3.63) is 28.0 Å². The van der Waals surface area contributed by atoms with Gasteiger partial charge in [0.1, 0.15) is 17.8 Å². The third-order valence-electron chi connectivity index (χ3n) is 2.33. The van der Waals surface area contributed by atoms with Crippen molar-refractivity contribution in [3.63, 3.8) is 0 Å². The SMILES string of the molecule is COCOc1cccc(OC(F)(F)F)c1/C=C(\SC)[S+](C)[O-]. The molecule has 0 radical (unpaired) electrons. The van der Waals surface area contributed by atoms with E-state index in [0.29, 0.717) is 4.24 Å². The van der Waals surface area contributed by atoms with E-state index in [9.17, 15) is 17.7 Å². The maximum Gasteiger partial charge on any atom is 0.573 e. The van der Waals surface area contributed by atoms with Crippen molar-refractivity contribution >= 4 is 29.0 Å². The Bertz CT molecular complexity index is 518. The molecule has 0 saturated carbocycles. The molecule has 0 saturated heterocycles. The van der Waals surface area contributed by atoms with Gasteiger partial charge in [-0.25, -0.2) is 0 Å². The first kappa shape index (κ1) is 19.0. The molecule has 22 heavy (non-hydrogen) atoms. The van der Waals surface area contributed by atoms with Crippen molar-refractivity contribution in [2.75, 3.05) is 26.4 Å². The third kappa shape index (κ3) is 5.99. The number of rotatable bonds is 7. The standard InChI is InChI=1S/C13H15F3O4S2/c1-18-8-19-10-5-4-6-11(20-13(14,15)16)9(10)7-12(21-2)22(3)17/h4-7H,8H2,1-3H3/b12-7+. The molecule has 0 N–H and O–H groups in total. The van der Waals surface area contributed by atoms with Gasteiger partial charge in [-0.3, -0.25) is 0 Å². The van der Waals surface area contributed by atoms with Crippen LogP contribution >= 0.6 is 11.8 Å². The van der Waals surface area contributed by atoms with Crippen molar-refractivity contribution in [1.29, 1.82) is 0 Å². The summed E-state index contributed by atoms with van der Waals surface area (Å²) >= 11 is -0.179. The van der Waals surface area contributed by atoms with Gasteiger partial charge in [-0.05, 0) is 29.6 Å². The predicted molar refractivity (Wildman–Crippen MR) is 81.2 cm³/mol. The Balaban J connectivity index is 3.32. The molecule has 0 aliphatic rings. The van der Waals surface area contributed by atoms with Crippen LogP contribution in [0.2, 0.25) is 0 Å². The Hall–Kier alpha value is -1.03. The molecule has 0 aromatic heterocycles. The van der Waals surface area contributed by atoms with Crippen LogP contribution in [0.5, 0.6) is 11.5 Å². The number of benzene rings is 1. The molecule has 0 heterocycles. The summed E-state index contributed by atoms with van der Waals surface area (Å²) in [5.41, 5.74) is 0.0522. The number of thioether (sulfide) groups is 1. The Morgan fingerprint density at radius 1 is 1.36 bits per heavy atom. The molecule has 1 aromatic carbocycles. The van der Waals surface area contributed by atoms with E-state index >= 15 is 0 Å². The van der Waals surface area contributed by atoms with E-state index in [0.717, 1.165) is 6.07 Å². The van der Waals surface area contributed by atoms with Crippen molar-refractivity contribution in [1.82, 2.24) is 0 Å². The Kier molecular flexibility index (Phi) is 7.40. The monoisotopic (exact) mass is 356 g/mol. The van der Waals surface area contributed by atoms with Crippen molar-refractivity contribution < 1.29 is 31.9 Å². The van der Waals surface area contributed by atoms with Gasteiger partial charge in [-0.15, -0.1) is 13.2 Å². The van der Waals surface area contributed by atoms with Crippen molar-refractivity contribution in [2.45, 2.75) is 6.36 Å². The van der Waals surface area contributed by atoms with Crippen LogP contribution in [0, 0.1) is 0 Å². The molecule has 0 aliphatic heterocycles. The zero-order chi connectivity index (χ0) is 16.8. The van der Waals surface area contributed by atoms with Crippen LogP contribution in [0.4, 0.5) is 13.2 Å². The van der Waals surface area contributed by atoms with Crippen LogP contribution in [-0.4, -0.2) is 37.3 Å². The smallest absolute Gasteiger partial charge is 0.573 e. The highest BCUT2D eigenvalue weighted by Crippen LogP contribution is 2.36. The highest BCUT2D eigenvalue weighted by atomic mass is 32.3. The van der Waals surface area contributed by atoms with Crippen molar-refractivity contribution in [2.24, 2.45) is 0 Å². The second-order valence-corrected chi connectivity index (χ2v) is 6.34. The molecule has 4 nitrogen and oxygen atoms in total. The maximum atomic E-state index is 12.5. The summed E-state index contributed by atoms with van der Waals surface area (Å²) in [6, 6.07) is 4.01. The molecular weight excluding hydrogens is 341 g/mol. The van der Waals surface area contributed by atoms with Gasteiger partial charge >= 0.3 is 6.36 Å². The van der Waals surface area contributed by atoms with E-state index < -0.39 is 23.3 Å². The van der Waals surface area contributed by atoms with Gasteiger partial charge in [0.05, 0.1) is 5.56 Å². The minimum Gasteiger partial charge on any atom is -0.611 e. The first-order valence-electron chi connectivity index (χ1n) is 5.88. The second kappa shape index (κ2) is 8.56. The molecule has 1 unspecified atom stereocenters. The van der Waals surface area contributed by atoms with E-state index in [1.807, 2.05) is 0 Å². The van der Waals surface area contributed by atoms with E-state index in [2.05, 4.69) is 4.74 Å². The van der Waals surface area contributed by atoms with Crippen LogP contribution in [0.15, 0.2) is 22.4 Å². The lowest BCUT2D eigenvalue weighted by atomic mass is 10.2. The molecular formula is C13H15F3O4S2. The van der Waals surface area contributed by atoms with Gasteiger partial charge < -0.3 is 18.8 Å². The van der Waals surface area contributed by atoms with E-state index in [-0.39, 0.29) is 18.1 Å². The van der Waals surface area contributed by atoms with Gasteiger partial charge in [-0.2, -0.15) is 0 Å².